The second-order valence-corrected chi connectivity index (χ2v) is 7.28. The Kier molecular flexibility index (Phi) is 5.69. The molecule has 0 aliphatic carbocycles. The van der Waals surface area contributed by atoms with Gasteiger partial charge in [0.2, 0.25) is 0 Å². The highest BCUT2D eigenvalue weighted by atomic mass is 35.5. The van der Waals surface area contributed by atoms with Crippen LogP contribution in [0.15, 0.2) is 53.4 Å². The molecule has 0 radical (unpaired) electrons. The molecule has 0 saturated heterocycles. The summed E-state index contributed by atoms with van der Waals surface area (Å²) in [7, 11) is -0.475. The van der Waals surface area contributed by atoms with Crippen LogP contribution < -0.4 is 9.46 Å². The van der Waals surface area contributed by atoms with Gasteiger partial charge in [-0.3, -0.25) is 9.52 Å². The smallest absolute Gasteiger partial charge is 0.261 e. The van der Waals surface area contributed by atoms with Gasteiger partial charge in [0.05, 0.1) is 10.6 Å². The number of halogens is 1. The van der Waals surface area contributed by atoms with Crippen LogP contribution in [0.3, 0.4) is 0 Å². The fraction of sp³-hybridized carbons (Fsp3) is 0.188. The second kappa shape index (κ2) is 7.55. The Hall–Kier alpha value is -2.25. The molecule has 0 aliphatic rings. The fourth-order valence-electron chi connectivity index (χ4n) is 1.76. The molecule has 1 amide bonds. The maximum Gasteiger partial charge on any atom is 0.261 e. The van der Waals surface area contributed by atoms with E-state index in [4.69, 9.17) is 16.3 Å². The largest absolute Gasteiger partial charge is 0.484 e. The lowest BCUT2D eigenvalue weighted by Crippen LogP contribution is -2.27. The van der Waals surface area contributed by atoms with E-state index in [1.807, 2.05) is 0 Å². The molecular weight excluding hydrogens is 352 g/mol. The number of rotatable bonds is 6. The highest BCUT2D eigenvalue weighted by molar-refractivity contribution is 7.92. The summed E-state index contributed by atoms with van der Waals surface area (Å²) in [6.07, 6.45) is 0. The maximum absolute atomic E-state index is 12.3. The number of amides is 1. The third kappa shape index (κ3) is 4.87. The first-order chi connectivity index (χ1) is 11.3. The summed E-state index contributed by atoms with van der Waals surface area (Å²) in [6.45, 7) is -0.111. The molecule has 0 aliphatic heterocycles. The van der Waals surface area contributed by atoms with E-state index in [1.54, 1.807) is 32.3 Å². The minimum Gasteiger partial charge on any atom is -0.484 e. The first-order valence-electron chi connectivity index (χ1n) is 6.99. The number of anilines is 1. The highest BCUT2D eigenvalue weighted by Gasteiger charge is 2.14. The SMILES string of the molecule is CN(C)C(=O)COc1ccc(S(=O)(=O)Nc2cccc(Cl)c2)cc1. The van der Waals surface area contributed by atoms with Crippen LogP contribution in [0.1, 0.15) is 0 Å². The zero-order valence-corrected chi connectivity index (χ0v) is 14.8. The molecule has 24 heavy (non-hydrogen) atoms. The van der Waals surface area contributed by atoms with Crippen LogP contribution in [0.4, 0.5) is 5.69 Å². The van der Waals surface area contributed by atoms with E-state index in [9.17, 15) is 13.2 Å². The molecule has 6 nitrogen and oxygen atoms in total. The highest BCUT2D eigenvalue weighted by Crippen LogP contribution is 2.21. The number of nitrogens with one attached hydrogen (secondary N) is 1. The van der Waals surface area contributed by atoms with Crippen LogP contribution in [0.25, 0.3) is 0 Å². The van der Waals surface area contributed by atoms with Gasteiger partial charge < -0.3 is 9.64 Å². The van der Waals surface area contributed by atoms with Gasteiger partial charge >= 0.3 is 0 Å². The number of sulfonamides is 1. The van der Waals surface area contributed by atoms with Gasteiger partial charge in [0, 0.05) is 19.1 Å². The van der Waals surface area contributed by atoms with E-state index < -0.39 is 10.0 Å². The topological polar surface area (TPSA) is 75.7 Å². The van der Waals surface area contributed by atoms with Crippen molar-refractivity contribution in [1.29, 1.82) is 0 Å². The molecule has 128 valence electrons. The average Bonchev–Trinajstić information content (AvgIpc) is 2.52. The van der Waals surface area contributed by atoms with E-state index in [0.29, 0.717) is 16.5 Å². The van der Waals surface area contributed by atoms with Crippen LogP contribution in [-0.2, 0) is 14.8 Å². The summed E-state index contributed by atoms with van der Waals surface area (Å²) in [4.78, 5) is 12.9. The molecule has 2 rings (SSSR count). The summed E-state index contributed by atoms with van der Waals surface area (Å²) in [5.74, 6) is 0.223. The third-order valence-electron chi connectivity index (χ3n) is 3.07. The number of carbonyl (C=O) groups excluding carboxylic acids is 1. The summed E-state index contributed by atoms with van der Waals surface area (Å²) >= 11 is 5.84. The van der Waals surface area contributed by atoms with Gasteiger partial charge in [-0.15, -0.1) is 0 Å². The Labute approximate surface area is 146 Å². The molecule has 0 fully saturated rings. The number of hydrogen-bond donors (Lipinski definition) is 1. The van der Waals surface area contributed by atoms with Crippen LogP contribution in [0.2, 0.25) is 5.02 Å². The Morgan fingerprint density at radius 2 is 1.83 bits per heavy atom. The van der Waals surface area contributed by atoms with Crippen LogP contribution in [0, 0.1) is 0 Å². The van der Waals surface area contributed by atoms with Gasteiger partial charge in [-0.05, 0) is 42.5 Å². The monoisotopic (exact) mass is 368 g/mol. The van der Waals surface area contributed by atoms with Gasteiger partial charge in [-0.2, -0.15) is 0 Å². The summed E-state index contributed by atoms with van der Waals surface area (Å²) < 4.78 is 32.4. The summed E-state index contributed by atoms with van der Waals surface area (Å²) in [5, 5.41) is 0.435. The first kappa shape index (κ1) is 18.1. The van der Waals surface area contributed by atoms with E-state index in [1.165, 1.54) is 35.2 Å². The van der Waals surface area contributed by atoms with Gasteiger partial charge in [0.1, 0.15) is 5.75 Å². The predicted octanol–water partition coefficient (Wildman–Crippen LogP) is 2.61. The lowest BCUT2D eigenvalue weighted by atomic mass is 10.3. The van der Waals surface area contributed by atoms with Gasteiger partial charge in [0.15, 0.2) is 6.61 Å². The molecule has 2 aromatic carbocycles. The quantitative estimate of drug-likeness (QED) is 0.850. The lowest BCUT2D eigenvalue weighted by Gasteiger charge is -2.12. The van der Waals surface area contributed by atoms with Gasteiger partial charge in [0.25, 0.3) is 15.9 Å². The van der Waals surface area contributed by atoms with Crippen molar-refractivity contribution in [3.63, 3.8) is 0 Å². The lowest BCUT2D eigenvalue weighted by molar-refractivity contribution is -0.130. The number of benzene rings is 2. The number of ether oxygens (including phenoxy) is 1. The fourth-order valence-corrected chi connectivity index (χ4v) is 3.00. The molecule has 0 bridgehead atoms. The minimum absolute atomic E-state index is 0.0776. The normalized spacial score (nSPS) is 11.0. The molecule has 0 unspecified atom stereocenters. The van der Waals surface area contributed by atoms with Crippen molar-refractivity contribution in [1.82, 2.24) is 4.90 Å². The van der Waals surface area contributed by atoms with Crippen LogP contribution in [0.5, 0.6) is 5.75 Å². The zero-order chi connectivity index (χ0) is 17.7. The molecule has 0 aromatic heterocycles. The first-order valence-corrected chi connectivity index (χ1v) is 8.85. The van der Waals surface area contributed by atoms with Crippen molar-refractivity contribution in [3.05, 3.63) is 53.6 Å². The summed E-state index contributed by atoms with van der Waals surface area (Å²) in [6, 6.07) is 12.2. The molecule has 2 aromatic rings. The van der Waals surface area contributed by atoms with Gasteiger partial charge in [-0.1, -0.05) is 17.7 Å². The van der Waals surface area contributed by atoms with Gasteiger partial charge in [-0.25, -0.2) is 8.42 Å². The van der Waals surface area contributed by atoms with E-state index in [-0.39, 0.29) is 17.4 Å². The van der Waals surface area contributed by atoms with Crippen molar-refractivity contribution in [3.8, 4) is 5.75 Å². The van der Waals surface area contributed by atoms with Crippen molar-refractivity contribution >= 4 is 33.2 Å². The van der Waals surface area contributed by atoms with E-state index >= 15 is 0 Å². The molecular formula is C16H17ClN2O4S. The van der Waals surface area contributed by atoms with Crippen molar-refractivity contribution in [2.75, 3.05) is 25.4 Å². The molecule has 0 heterocycles. The Bertz CT molecular complexity index is 820. The summed E-state index contributed by atoms with van der Waals surface area (Å²) in [5.41, 5.74) is 0.374. The average molecular weight is 369 g/mol. The number of carbonyl (C=O) groups is 1. The van der Waals surface area contributed by atoms with Crippen molar-refractivity contribution in [2.24, 2.45) is 0 Å². The maximum atomic E-state index is 12.3. The number of hydrogen-bond acceptors (Lipinski definition) is 4. The standard InChI is InChI=1S/C16H17ClN2O4S/c1-19(2)16(20)11-23-14-6-8-15(9-7-14)24(21,22)18-13-5-3-4-12(17)10-13/h3-10,18H,11H2,1-2H3. The van der Waals surface area contributed by atoms with Crippen molar-refractivity contribution < 1.29 is 17.9 Å². The van der Waals surface area contributed by atoms with E-state index in [0.717, 1.165) is 0 Å². The Morgan fingerprint density at radius 3 is 2.42 bits per heavy atom. The molecule has 0 spiro atoms. The van der Waals surface area contributed by atoms with E-state index in [2.05, 4.69) is 4.72 Å². The molecule has 0 atom stereocenters. The zero-order valence-electron chi connectivity index (χ0n) is 13.2. The molecule has 1 N–H and O–H groups in total. The van der Waals surface area contributed by atoms with Crippen molar-refractivity contribution in [2.45, 2.75) is 4.90 Å². The number of nitrogens with zero attached hydrogens (tertiary/aromatic N) is 1. The molecule has 8 heteroatoms. The Balaban J connectivity index is 2.07. The van der Waals surface area contributed by atoms with Crippen LogP contribution >= 0.6 is 11.6 Å². The molecule has 0 saturated carbocycles. The Morgan fingerprint density at radius 1 is 1.17 bits per heavy atom. The van der Waals surface area contributed by atoms with Crippen LogP contribution in [-0.4, -0.2) is 39.9 Å². The minimum atomic E-state index is -3.73. The third-order valence-corrected chi connectivity index (χ3v) is 4.70. The predicted molar refractivity (Wildman–Crippen MR) is 92.9 cm³/mol. The number of likely N-dealkylation sites (N-methyl/N-ethyl adjacent to an activating group) is 1. The second-order valence-electron chi connectivity index (χ2n) is 5.16.